The van der Waals surface area contributed by atoms with E-state index >= 15 is 0 Å². The first kappa shape index (κ1) is 18.2. The average Bonchev–Trinajstić information content (AvgIpc) is 3.02. The van der Waals surface area contributed by atoms with Gasteiger partial charge in [0.1, 0.15) is 19.6 Å². The van der Waals surface area contributed by atoms with Crippen molar-refractivity contribution in [1.82, 2.24) is 18.7 Å². The second-order valence-electron chi connectivity index (χ2n) is 7.33. The minimum Gasteiger partial charge on any atom is -0.368 e. The zero-order valence-corrected chi connectivity index (χ0v) is 15.9. The number of nitrogens with two attached hydrogens (primary N) is 1. The van der Waals surface area contributed by atoms with Gasteiger partial charge in [0, 0.05) is 26.1 Å². The van der Waals surface area contributed by atoms with Crippen LogP contribution in [0.5, 0.6) is 0 Å². The maximum atomic E-state index is 12.7. The Hall–Kier alpha value is -3.20. The van der Waals surface area contributed by atoms with Gasteiger partial charge in [-0.1, -0.05) is 24.3 Å². The quantitative estimate of drug-likeness (QED) is 0.546. The van der Waals surface area contributed by atoms with Crippen molar-refractivity contribution in [2.75, 3.05) is 6.54 Å². The number of nitrogens with one attached hydrogen (secondary N) is 1. The summed E-state index contributed by atoms with van der Waals surface area (Å²) in [6, 6.07) is 8.35. The first-order valence-electron chi connectivity index (χ1n) is 9.20. The van der Waals surface area contributed by atoms with Crippen LogP contribution in [-0.4, -0.2) is 31.1 Å². The smallest absolute Gasteiger partial charge is 0.332 e. The number of aryl methyl sites for hydroxylation is 1. The van der Waals surface area contributed by atoms with Gasteiger partial charge in [-0.3, -0.25) is 18.7 Å². The number of nitrogens with zero attached hydrogens (tertiary/aromatic N) is 4. The van der Waals surface area contributed by atoms with E-state index in [-0.39, 0.29) is 17.7 Å². The topological polar surface area (TPSA) is 109 Å². The summed E-state index contributed by atoms with van der Waals surface area (Å²) >= 11 is 0. The number of hydrogen-bond acceptors (Lipinski definition) is 4. The van der Waals surface area contributed by atoms with E-state index < -0.39 is 17.2 Å². The van der Waals surface area contributed by atoms with Crippen molar-refractivity contribution in [3.8, 4) is 0 Å². The van der Waals surface area contributed by atoms with Crippen LogP contribution in [0.4, 0.5) is 0 Å². The largest absolute Gasteiger partial charge is 0.368 e. The van der Waals surface area contributed by atoms with Crippen LogP contribution in [0, 0.1) is 0 Å². The molecule has 1 aliphatic rings. The molecule has 0 fully saturated rings. The Morgan fingerprint density at radius 1 is 1.18 bits per heavy atom. The molecule has 1 aliphatic heterocycles. The van der Waals surface area contributed by atoms with E-state index in [0.29, 0.717) is 12.4 Å². The fourth-order valence-corrected chi connectivity index (χ4v) is 3.97. The molecule has 146 valence electrons. The van der Waals surface area contributed by atoms with Gasteiger partial charge in [-0.25, -0.2) is 9.78 Å². The first-order valence-corrected chi connectivity index (χ1v) is 9.20. The minimum absolute atomic E-state index is 0.150. The van der Waals surface area contributed by atoms with Crippen molar-refractivity contribution in [2.45, 2.75) is 26.1 Å². The Labute approximate surface area is 160 Å². The van der Waals surface area contributed by atoms with Crippen molar-refractivity contribution in [1.29, 1.82) is 0 Å². The number of quaternary nitrogens is 1. The number of fused-ring (bicyclic) bond motifs is 2. The number of aromatic nitrogens is 4. The highest BCUT2D eigenvalue weighted by Gasteiger charge is 2.25. The van der Waals surface area contributed by atoms with Crippen LogP contribution in [0.1, 0.15) is 17.0 Å². The third-order valence-corrected chi connectivity index (χ3v) is 5.46. The van der Waals surface area contributed by atoms with Crippen molar-refractivity contribution in [3.05, 3.63) is 62.1 Å². The Kier molecular flexibility index (Phi) is 4.38. The molecule has 0 bridgehead atoms. The molecule has 1 amide bonds. The van der Waals surface area contributed by atoms with Gasteiger partial charge in [0.05, 0.1) is 6.54 Å². The van der Waals surface area contributed by atoms with E-state index in [9.17, 15) is 14.4 Å². The summed E-state index contributed by atoms with van der Waals surface area (Å²) in [6.07, 6.45) is 0.960. The summed E-state index contributed by atoms with van der Waals surface area (Å²) in [6.45, 7) is 2.15. The van der Waals surface area contributed by atoms with Gasteiger partial charge in [0.15, 0.2) is 17.0 Å². The van der Waals surface area contributed by atoms with Gasteiger partial charge in [0.2, 0.25) is 5.91 Å². The summed E-state index contributed by atoms with van der Waals surface area (Å²) in [5, 5.41) is 0. The predicted molar refractivity (Wildman–Crippen MR) is 103 cm³/mol. The molecule has 2 aromatic heterocycles. The van der Waals surface area contributed by atoms with Gasteiger partial charge in [0.25, 0.3) is 5.56 Å². The fraction of sp³-hybridized carbons (Fsp3) is 0.368. The molecule has 1 atom stereocenters. The molecular weight excluding hydrogens is 360 g/mol. The lowest BCUT2D eigenvalue weighted by Crippen LogP contribution is -3.10. The monoisotopic (exact) mass is 383 g/mol. The first-order chi connectivity index (χ1) is 13.4. The highest BCUT2D eigenvalue weighted by Crippen LogP contribution is 2.13. The summed E-state index contributed by atoms with van der Waals surface area (Å²) < 4.78 is 3.92. The molecule has 9 heteroatoms. The van der Waals surface area contributed by atoms with E-state index in [2.05, 4.69) is 17.1 Å². The molecular formula is C19H23N6O3+. The lowest BCUT2D eigenvalue weighted by Gasteiger charge is -2.25. The van der Waals surface area contributed by atoms with Crippen molar-refractivity contribution in [2.24, 2.45) is 19.8 Å². The van der Waals surface area contributed by atoms with Crippen LogP contribution >= 0.6 is 0 Å². The second kappa shape index (κ2) is 6.75. The van der Waals surface area contributed by atoms with E-state index in [1.165, 1.54) is 27.6 Å². The predicted octanol–water partition coefficient (Wildman–Crippen LogP) is -1.94. The van der Waals surface area contributed by atoms with Gasteiger partial charge >= 0.3 is 5.69 Å². The lowest BCUT2D eigenvalue weighted by atomic mass is 10.00. The Morgan fingerprint density at radius 3 is 2.61 bits per heavy atom. The van der Waals surface area contributed by atoms with Gasteiger partial charge in [-0.15, -0.1) is 0 Å². The number of rotatable bonds is 4. The number of imidazole rings is 1. The van der Waals surface area contributed by atoms with Crippen LogP contribution in [0.3, 0.4) is 0 Å². The zero-order valence-electron chi connectivity index (χ0n) is 15.9. The molecule has 0 saturated heterocycles. The SMILES string of the molecule is Cn1c(=O)c2c(nc(C[NH+]3CCc4ccccc4C3)n2CC(N)=O)n(C)c1=O. The Balaban J connectivity index is 1.80. The number of hydrogen-bond donors (Lipinski definition) is 2. The molecule has 0 saturated carbocycles. The molecule has 0 radical (unpaired) electrons. The van der Waals surface area contributed by atoms with E-state index in [1.54, 1.807) is 11.6 Å². The standard InChI is InChI=1S/C19H22N6O3/c1-22-17-16(18(27)23(2)19(22)28)25(10-14(20)26)15(21-17)11-24-8-7-12-5-3-4-6-13(12)9-24/h3-6H,7-11H2,1-2H3,(H2,20,26)/p+1. The van der Waals surface area contributed by atoms with E-state index in [1.807, 2.05) is 12.1 Å². The molecule has 0 spiro atoms. The number of primary amides is 1. The molecule has 9 nitrogen and oxygen atoms in total. The van der Waals surface area contributed by atoms with Crippen molar-refractivity contribution in [3.63, 3.8) is 0 Å². The second-order valence-corrected chi connectivity index (χ2v) is 7.33. The number of benzene rings is 1. The van der Waals surface area contributed by atoms with Crippen LogP contribution in [0.15, 0.2) is 33.9 Å². The summed E-state index contributed by atoms with van der Waals surface area (Å²) in [5.74, 6) is 0.0249. The van der Waals surface area contributed by atoms with Crippen LogP contribution in [0.25, 0.3) is 11.2 Å². The molecule has 1 aromatic carbocycles. The van der Waals surface area contributed by atoms with Crippen LogP contribution < -0.4 is 21.9 Å². The molecule has 3 aromatic rings. The van der Waals surface area contributed by atoms with Crippen LogP contribution in [0.2, 0.25) is 0 Å². The molecule has 3 N–H and O–H groups in total. The number of carbonyl (C=O) groups excluding carboxylic acids is 1. The highest BCUT2D eigenvalue weighted by molar-refractivity contribution is 5.78. The lowest BCUT2D eigenvalue weighted by molar-refractivity contribution is -0.930. The van der Waals surface area contributed by atoms with Gasteiger partial charge < -0.3 is 15.2 Å². The maximum Gasteiger partial charge on any atom is 0.332 e. The van der Waals surface area contributed by atoms with Gasteiger partial charge in [-0.2, -0.15) is 0 Å². The normalized spacial score (nSPS) is 16.3. The Morgan fingerprint density at radius 2 is 1.89 bits per heavy atom. The van der Waals surface area contributed by atoms with Gasteiger partial charge in [-0.05, 0) is 5.56 Å². The molecule has 1 unspecified atom stereocenters. The number of carbonyl (C=O) groups is 1. The summed E-state index contributed by atoms with van der Waals surface area (Å²) in [4.78, 5) is 42.5. The number of amides is 1. The van der Waals surface area contributed by atoms with E-state index in [0.717, 1.165) is 24.1 Å². The molecule has 3 heterocycles. The van der Waals surface area contributed by atoms with Crippen molar-refractivity contribution >= 4 is 17.1 Å². The van der Waals surface area contributed by atoms with Crippen LogP contribution in [-0.2, 0) is 44.9 Å². The summed E-state index contributed by atoms with van der Waals surface area (Å²) in [7, 11) is 2.98. The maximum absolute atomic E-state index is 12.7. The average molecular weight is 383 g/mol. The molecule has 4 rings (SSSR count). The Bertz CT molecular complexity index is 1200. The molecule has 28 heavy (non-hydrogen) atoms. The van der Waals surface area contributed by atoms with Crippen molar-refractivity contribution < 1.29 is 9.69 Å². The zero-order chi connectivity index (χ0) is 20.0. The molecule has 0 aliphatic carbocycles. The minimum atomic E-state index is -0.560. The third kappa shape index (κ3) is 2.93. The highest BCUT2D eigenvalue weighted by atomic mass is 16.2. The third-order valence-electron chi connectivity index (χ3n) is 5.46. The fourth-order valence-electron chi connectivity index (χ4n) is 3.97. The van der Waals surface area contributed by atoms with E-state index in [4.69, 9.17) is 5.73 Å². The summed E-state index contributed by atoms with van der Waals surface area (Å²) in [5.41, 5.74) is 7.66.